The average Bonchev–Trinajstić information content (AvgIpc) is 2.91. The van der Waals surface area contributed by atoms with E-state index in [4.69, 9.17) is 4.74 Å². The lowest BCUT2D eigenvalue weighted by Gasteiger charge is -2.09. The Morgan fingerprint density at radius 1 is 1.19 bits per heavy atom. The van der Waals surface area contributed by atoms with Gasteiger partial charge in [-0.1, -0.05) is 18.2 Å². The SMILES string of the molecule is CCOC(=O)c1c2c(n(C)c1CSc1ccccc1)C=C(Br)C(=O)C2=O. The highest BCUT2D eigenvalue weighted by molar-refractivity contribution is 9.12. The lowest BCUT2D eigenvalue weighted by atomic mass is 9.97. The van der Waals surface area contributed by atoms with E-state index in [1.807, 2.05) is 30.3 Å². The van der Waals surface area contributed by atoms with Crippen LogP contribution in [0, 0.1) is 0 Å². The number of fused-ring (bicyclic) bond motifs is 1. The van der Waals surface area contributed by atoms with Gasteiger partial charge in [0, 0.05) is 23.4 Å². The summed E-state index contributed by atoms with van der Waals surface area (Å²) in [6, 6.07) is 9.76. The molecule has 0 amide bonds. The second kappa shape index (κ2) is 7.63. The molecule has 0 N–H and O–H groups in total. The van der Waals surface area contributed by atoms with Crippen molar-refractivity contribution in [1.29, 1.82) is 0 Å². The number of allylic oxidation sites excluding steroid dienone is 1. The van der Waals surface area contributed by atoms with Crippen molar-refractivity contribution >= 4 is 51.3 Å². The number of aromatic nitrogens is 1. The molecule has 0 saturated carbocycles. The fourth-order valence-corrected chi connectivity index (χ4v) is 4.21. The molecule has 3 rings (SSSR count). The molecule has 0 radical (unpaired) electrons. The van der Waals surface area contributed by atoms with E-state index in [0.717, 1.165) is 4.90 Å². The molecule has 2 aromatic rings. The molecule has 0 fully saturated rings. The summed E-state index contributed by atoms with van der Waals surface area (Å²) in [6.07, 6.45) is 1.58. The van der Waals surface area contributed by atoms with Crippen molar-refractivity contribution in [3.05, 3.63) is 57.3 Å². The number of benzene rings is 1. The number of esters is 1. The van der Waals surface area contributed by atoms with E-state index in [0.29, 0.717) is 17.1 Å². The van der Waals surface area contributed by atoms with Gasteiger partial charge in [0.1, 0.15) is 0 Å². The van der Waals surface area contributed by atoms with Crippen LogP contribution >= 0.6 is 27.7 Å². The average molecular weight is 434 g/mol. The van der Waals surface area contributed by atoms with Crippen molar-refractivity contribution in [2.45, 2.75) is 17.6 Å². The zero-order valence-electron chi connectivity index (χ0n) is 14.2. The topological polar surface area (TPSA) is 65.4 Å². The fraction of sp³-hybridized carbons (Fsp3) is 0.211. The molecule has 0 aliphatic heterocycles. The van der Waals surface area contributed by atoms with Crippen LogP contribution in [-0.4, -0.2) is 28.7 Å². The fourth-order valence-electron chi connectivity index (χ4n) is 2.82. The molecule has 1 aromatic carbocycles. The first-order valence-electron chi connectivity index (χ1n) is 7.98. The molecule has 5 nitrogen and oxygen atoms in total. The van der Waals surface area contributed by atoms with Crippen molar-refractivity contribution in [2.24, 2.45) is 7.05 Å². The number of carbonyl (C=O) groups is 3. The van der Waals surface area contributed by atoms with E-state index in [1.54, 1.807) is 36.4 Å². The van der Waals surface area contributed by atoms with Crippen molar-refractivity contribution in [1.82, 2.24) is 4.57 Å². The Labute approximate surface area is 163 Å². The molecule has 0 atom stereocenters. The summed E-state index contributed by atoms with van der Waals surface area (Å²) < 4.78 is 7.12. The first kappa shape index (κ1) is 18.7. The largest absolute Gasteiger partial charge is 0.462 e. The molecule has 1 heterocycles. The predicted octanol–water partition coefficient (Wildman–Crippen LogP) is 4.00. The summed E-state index contributed by atoms with van der Waals surface area (Å²) in [5.74, 6) is -1.46. The maximum absolute atomic E-state index is 12.6. The van der Waals surface area contributed by atoms with Crippen LogP contribution in [0.25, 0.3) is 6.08 Å². The molecule has 0 bridgehead atoms. The van der Waals surface area contributed by atoms with Crippen LogP contribution in [-0.2, 0) is 22.3 Å². The van der Waals surface area contributed by atoms with Crippen LogP contribution in [0.5, 0.6) is 0 Å². The lowest BCUT2D eigenvalue weighted by molar-refractivity contribution is -0.111. The zero-order chi connectivity index (χ0) is 18.8. The van der Waals surface area contributed by atoms with Crippen LogP contribution in [0.3, 0.4) is 0 Å². The van der Waals surface area contributed by atoms with Gasteiger partial charge in [0.05, 0.1) is 27.9 Å². The minimum absolute atomic E-state index is 0.128. The van der Waals surface area contributed by atoms with Crippen molar-refractivity contribution in [3.63, 3.8) is 0 Å². The number of Topliss-reactive ketones (excluding diaryl/α,β-unsaturated/α-hetero) is 2. The minimum Gasteiger partial charge on any atom is -0.462 e. The lowest BCUT2D eigenvalue weighted by Crippen LogP contribution is -2.21. The Kier molecular flexibility index (Phi) is 5.48. The standard InChI is InChI=1S/C19H16BrNO4S/c1-3-25-19(24)16-14(10-26-11-7-5-4-6-8-11)21(2)13-9-12(20)17(22)18(23)15(13)16/h4-9H,3,10H2,1-2H3. The first-order chi connectivity index (χ1) is 12.5. The number of ketones is 2. The van der Waals surface area contributed by atoms with E-state index in [2.05, 4.69) is 15.9 Å². The molecule has 0 spiro atoms. The second-order valence-electron chi connectivity index (χ2n) is 5.61. The van der Waals surface area contributed by atoms with Gasteiger partial charge in [-0.25, -0.2) is 4.79 Å². The van der Waals surface area contributed by atoms with Gasteiger partial charge in [-0.2, -0.15) is 0 Å². The van der Waals surface area contributed by atoms with Crippen LogP contribution in [0.2, 0.25) is 0 Å². The third kappa shape index (κ3) is 3.29. The normalized spacial score (nSPS) is 13.4. The monoisotopic (exact) mass is 433 g/mol. The maximum atomic E-state index is 12.6. The summed E-state index contributed by atoms with van der Waals surface area (Å²) in [7, 11) is 1.78. The second-order valence-corrected chi connectivity index (χ2v) is 7.52. The Bertz CT molecular complexity index is 931. The van der Waals surface area contributed by atoms with Gasteiger partial charge in [-0.3, -0.25) is 9.59 Å². The van der Waals surface area contributed by atoms with Crippen LogP contribution in [0.15, 0.2) is 39.7 Å². The summed E-state index contributed by atoms with van der Waals surface area (Å²) in [5.41, 5.74) is 1.50. The molecular weight excluding hydrogens is 418 g/mol. The van der Waals surface area contributed by atoms with Crippen molar-refractivity contribution < 1.29 is 19.1 Å². The van der Waals surface area contributed by atoms with E-state index in [1.165, 1.54) is 0 Å². The smallest absolute Gasteiger partial charge is 0.340 e. The molecule has 7 heteroatoms. The number of carbonyl (C=O) groups excluding carboxylic acids is 3. The van der Waals surface area contributed by atoms with Crippen molar-refractivity contribution in [3.8, 4) is 0 Å². The quantitative estimate of drug-likeness (QED) is 0.405. The number of halogens is 1. The van der Waals surface area contributed by atoms with Gasteiger partial charge in [-0.05, 0) is 41.1 Å². The van der Waals surface area contributed by atoms with Crippen LogP contribution < -0.4 is 0 Å². The summed E-state index contributed by atoms with van der Waals surface area (Å²) >= 11 is 4.68. The van der Waals surface area contributed by atoms with E-state index >= 15 is 0 Å². The number of ether oxygens (including phenoxy) is 1. The molecule has 0 unspecified atom stereocenters. The molecule has 1 aliphatic carbocycles. The van der Waals surface area contributed by atoms with E-state index < -0.39 is 17.5 Å². The summed E-state index contributed by atoms with van der Waals surface area (Å²) in [6.45, 7) is 1.89. The summed E-state index contributed by atoms with van der Waals surface area (Å²) in [4.78, 5) is 38.2. The molecule has 0 saturated heterocycles. The highest BCUT2D eigenvalue weighted by atomic mass is 79.9. The van der Waals surface area contributed by atoms with E-state index in [9.17, 15) is 14.4 Å². The highest BCUT2D eigenvalue weighted by Crippen LogP contribution is 2.35. The Morgan fingerprint density at radius 2 is 1.88 bits per heavy atom. The van der Waals surface area contributed by atoms with Gasteiger partial charge >= 0.3 is 5.97 Å². The molecule has 134 valence electrons. The van der Waals surface area contributed by atoms with Crippen molar-refractivity contribution in [2.75, 3.05) is 6.61 Å². The highest BCUT2D eigenvalue weighted by Gasteiger charge is 2.36. The van der Waals surface area contributed by atoms with Gasteiger partial charge in [0.25, 0.3) is 0 Å². The molecular formula is C19H16BrNO4S. The van der Waals surface area contributed by atoms with Gasteiger partial charge in [-0.15, -0.1) is 11.8 Å². The van der Waals surface area contributed by atoms with Crippen LogP contribution in [0.4, 0.5) is 0 Å². The number of rotatable bonds is 5. The van der Waals surface area contributed by atoms with E-state index in [-0.39, 0.29) is 22.2 Å². The Hall–Kier alpha value is -2.12. The zero-order valence-corrected chi connectivity index (χ0v) is 16.6. The Morgan fingerprint density at radius 3 is 2.54 bits per heavy atom. The number of hydrogen-bond acceptors (Lipinski definition) is 5. The van der Waals surface area contributed by atoms with Crippen LogP contribution in [0.1, 0.15) is 39.0 Å². The van der Waals surface area contributed by atoms with Gasteiger partial charge in [0.2, 0.25) is 11.6 Å². The molecule has 26 heavy (non-hydrogen) atoms. The minimum atomic E-state index is -0.691. The third-order valence-corrected chi connectivity index (χ3v) is 5.69. The first-order valence-corrected chi connectivity index (χ1v) is 9.76. The number of hydrogen-bond donors (Lipinski definition) is 0. The molecule has 1 aliphatic rings. The van der Waals surface area contributed by atoms with Gasteiger partial charge < -0.3 is 9.30 Å². The van der Waals surface area contributed by atoms with Gasteiger partial charge in [0.15, 0.2) is 0 Å². The molecule has 1 aromatic heterocycles. The third-order valence-electron chi connectivity index (χ3n) is 4.07. The predicted molar refractivity (Wildman–Crippen MR) is 104 cm³/mol. The maximum Gasteiger partial charge on any atom is 0.340 e. The Balaban J connectivity index is 2.10. The number of nitrogens with zero attached hydrogens (tertiary/aromatic N) is 1. The number of thioether (sulfide) groups is 1. The summed E-state index contributed by atoms with van der Waals surface area (Å²) in [5, 5.41) is 0.